The lowest BCUT2D eigenvalue weighted by molar-refractivity contribution is -0.220. The maximum absolute atomic E-state index is 13.2. The van der Waals surface area contributed by atoms with Crippen molar-refractivity contribution in [3.63, 3.8) is 0 Å². The quantitative estimate of drug-likeness (QED) is 0.207. The number of epoxide rings is 1. The summed E-state index contributed by atoms with van der Waals surface area (Å²) in [5.74, 6) is -4.41. The number of ether oxygens (including phenoxy) is 6. The summed E-state index contributed by atoms with van der Waals surface area (Å²) in [4.78, 5) is 63.1. The highest BCUT2D eigenvalue weighted by Gasteiger charge is 2.87. The summed E-state index contributed by atoms with van der Waals surface area (Å²) in [6.45, 7) is 11.8. The number of hydrogen-bond donors (Lipinski definition) is 1. The van der Waals surface area contributed by atoms with Gasteiger partial charge in [0.15, 0.2) is 17.3 Å². The summed E-state index contributed by atoms with van der Waals surface area (Å²) in [6, 6.07) is 0. The minimum atomic E-state index is -1.96. The van der Waals surface area contributed by atoms with E-state index in [1.54, 1.807) is 26.0 Å². The summed E-state index contributed by atoms with van der Waals surface area (Å²) in [6.07, 6.45) is -0.335. The molecule has 2 aliphatic heterocycles. The van der Waals surface area contributed by atoms with Crippen LogP contribution >= 0.6 is 0 Å². The number of hydrogen-bond acceptors (Lipinski definition) is 12. The average Bonchev–Trinajstić information content (AvgIpc) is 3.44. The second-order valence-corrected chi connectivity index (χ2v) is 12.2. The first-order valence-corrected chi connectivity index (χ1v) is 14.2. The molecule has 0 aromatic heterocycles. The maximum atomic E-state index is 13.2. The van der Waals surface area contributed by atoms with Crippen LogP contribution in [0.3, 0.4) is 0 Å². The topological polar surface area (TPSA) is 164 Å². The van der Waals surface area contributed by atoms with Crippen LogP contribution in [0.4, 0.5) is 0 Å². The van der Waals surface area contributed by atoms with E-state index in [9.17, 15) is 29.1 Å². The lowest BCUT2D eigenvalue weighted by atomic mass is 9.55. The molecule has 4 aliphatic rings. The van der Waals surface area contributed by atoms with Crippen LogP contribution in [0.15, 0.2) is 23.8 Å². The second kappa shape index (κ2) is 10.8. The molecule has 0 bridgehead atoms. The van der Waals surface area contributed by atoms with Crippen molar-refractivity contribution < 1.29 is 57.5 Å². The minimum Gasteiger partial charge on any atom is -0.461 e. The number of carbonyl (C=O) groups is 5. The van der Waals surface area contributed by atoms with Crippen molar-refractivity contribution in [1.82, 2.24) is 0 Å². The van der Waals surface area contributed by atoms with Gasteiger partial charge in [0, 0.05) is 44.9 Å². The van der Waals surface area contributed by atoms with Gasteiger partial charge in [0.1, 0.15) is 30.0 Å². The fourth-order valence-electron chi connectivity index (χ4n) is 6.99. The second-order valence-electron chi connectivity index (χ2n) is 12.2. The Balaban J connectivity index is 2.01. The zero-order valence-electron chi connectivity index (χ0n) is 25.3. The monoisotopic (exact) mass is 592 g/mol. The largest absolute Gasteiger partial charge is 0.461 e. The van der Waals surface area contributed by atoms with E-state index >= 15 is 0 Å². The van der Waals surface area contributed by atoms with E-state index in [1.165, 1.54) is 40.7 Å². The number of fused-ring (bicyclic) bond motifs is 1. The number of aliphatic hydroxyl groups is 1. The molecule has 42 heavy (non-hydrogen) atoms. The highest BCUT2D eigenvalue weighted by molar-refractivity contribution is 5.89. The third-order valence-electron chi connectivity index (χ3n) is 9.02. The van der Waals surface area contributed by atoms with Gasteiger partial charge in [-0.1, -0.05) is 19.9 Å². The molecule has 0 aromatic carbocycles. The van der Waals surface area contributed by atoms with Gasteiger partial charge in [-0.25, -0.2) is 4.79 Å². The summed E-state index contributed by atoms with van der Waals surface area (Å²) in [7, 11) is 0. The van der Waals surface area contributed by atoms with E-state index in [-0.39, 0.29) is 12.8 Å². The van der Waals surface area contributed by atoms with Gasteiger partial charge >= 0.3 is 29.8 Å². The minimum absolute atomic E-state index is 0.0478. The molecule has 12 heteroatoms. The molecule has 2 fully saturated rings. The molecule has 1 spiro atoms. The summed E-state index contributed by atoms with van der Waals surface area (Å²) in [5, 5.41) is 12.3. The summed E-state index contributed by atoms with van der Waals surface area (Å²) >= 11 is 0. The van der Waals surface area contributed by atoms with E-state index < -0.39 is 88.5 Å². The summed E-state index contributed by atoms with van der Waals surface area (Å²) in [5.41, 5.74) is -6.00. The molecule has 232 valence electrons. The van der Waals surface area contributed by atoms with Gasteiger partial charge in [-0.2, -0.15) is 0 Å². The molecule has 0 aromatic rings. The van der Waals surface area contributed by atoms with Crippen molar-refractivity contribution in [2.45, 2.75) is 122 Å². The zero-order valence-corrected chi connectivity index (χ0v) is 25.3. The molecule has 0 saturated carbocycles. The Kier molecular flexibility index (Phi) is 8.14. The standard InChI is InChI=1S/C30H40O12/c1-9-10-23(34)40-20-11-12-27(6)21(38-17(4)32)14-19(37-16(3)31)15(2)13-22-30(29(8,42-30)26(35)41-22)25(39-18(5)33)24(27)28(20,7)36/h11-13,19-22,24-25,36H,9-10,14H2,1-8H3/b15-13-/t19-,20+,21-,22+,24-,25-,27+,28+,29+,30+/m1/s1. The molecule has 12 nitrogen and oxygen atoms in total. The zero-order chi connectivity index (χ0) is 31.4. The van der Waals surface area contributed by atoms with Gasteiger partial charge in [0.05, 0.1) is 0 Å². The molecule has 0 unspecified atom stereocenters. The van der Waals surface area contributed by atoms with E-state index in [4.69, 9.17) is 28.4 Å². The first-order chi connectivity index (χ1) is 19.4. The molecule has 4 rings (SSSR count). The summed E-state index contributed by atoms with van der Waals surface area (Å²) < 4.78 is 35.0. The number of rotatable bonds is 6. The molecule has 2 aliphatic carbocycles. The fourth-order valence-corrected chi connectivity index (χ4v) is 6.99. The highest BCUT2D eigenvalue weighted by atomic mass is 16.7. The van der Waals surface area contributed by atoms with Crippen LogP contribution in [0.5, 0.6) is 0 Å². The number of carbonyl (C=O) groups excluding carboxylic acids is 5. The van der Waals surface area contributed by atoms with Gasteiger partial charge in [0.25, 0.3) is 0 Å². The van der Waals surface area contributed by atoms with Crippen LogP contribution in [-0.2, 0) is 52.4 Å². The Labute approximate surface area is 244 Å². The van der Waals surface area contributed by atoms with Crippen LogP contribution < -0.4 is 0 Å². The third kappa shape index (κ3) is 5.02. The SMILES string of the molecule is CCCC(=O)O[C@H]1C=C[C@@]2(C)[C@H](OC(C)=O)C[C@@H](OC(C)=O)/C(C)=C\[C@@H]3OC(=O)[C@]4(C)O[C@]34[C@H](OC(C)=O)[C@H]2[C@@]1(C)O. The predicted octanol–water partition coefficient (Wildman–Crippen LogP) is 2.24. The van der Waals surface area contributed by atoms with Crippen molar-refractivity contribution in [2.24, 2.45) is 11.3 Å². The van der Waals surface area contributed by atoms with Crippen LogP contribution in [0.1, 0.15) is 74.7 Å². The van der Waals surface area contributed by atoms with Crippen molar-refractivity contribution in [3.8, 4) is 0 Å². The van der Waals surface area contributed by atoms with Crippen LogP contribution in [-0.4, -0.2) is 82.3 Å². The van der Waals surface area contributed by atoms with Gasteiger partial charge in [-0.3, -0.25) is 19.2 Å². The van der Waals surface area contributed by atoms with Gasteiger partial charge < -0.3 is 33.5 Å². The van der Waals surface area contributed by atoms with Crippen LogP contribution in [0.2, 0.25) is 0 Å². The van der Waals surface area contributed by atoms with Gasteiger partial charge in [-0.15, -0.1) is 0 Å². The number of esters is 5. The Morgan fingerprint density at radius 3 is 2.17 bits per heavy atom. The van der Waals surface area contributed by atoms with Crippen LogP contribution in [0.25, 0.3) is 0 Å². The van der Waals surface area contributed by atoms with Gasteiger partial charge in [-0.05, 0) is 44.9 Å². The molecule has 1 N–H and O–H groups in total. The van der Waals surface area contributed by atoms with E-state index in [0.717, 1.165) is 0 Å². The molecular weight excluding hydrogens is 552 g/mol. The Morgan fingerprint density at radius 1 is 1.00 bits per heavy atom. The Morgan fingerprint density at radius 2 is 1.62 bits per heavy atom. The van der Waals surface area contributed by atoms with E-state index in [0.29, 0.717) is 12.0 Å². The lowest BCUT2D eigenvalue weighted by Gasteiger charge is -2.55. The lowest BCUT2D eigenvalue weighted by Crippen LogP contribution is -2.67. The normalized spacial score (nSPS) is 43.3. The predicted molar refractivity (Wildman–Crippen MR) is 143 cm³/mol. The van der Waals surface area contributed by atoms with Crippen molar-refractivity contribution in [2.75, 3.05) is 0 Å². The van der Waals surface area contributed by atoms with E-state index in [2.05, 4.69) is 0 Å². The smallest absolute Gasteiger partial charge is 0.342 e. The molecule has 2 heterocycles. The average molecular weight is 593 g/mol. The first-order valence-electron chi connectivity index (χ1n) is 14.2. The fraction of sp³-hybridized carbons (Fsp3) is 0.700. The Hall–Kier alpha value is -3.25. The van der Waals surface area contributed by atoms with Crippen molar-refractivity contribution >= 4 is 29.8 Å². The van der Waals surface area contributed by atoms with Crippen molar-refractivity contribution in [1.29, 1.82) is 0 Å². The molecule has 10 atom stereocenters. The molecule has 0 radical (unpaired) electrons. The Bertz CT molecular complexity index is 1230. The maximum Gasteiger partial charge on any atom is 0.342 e. The molecular formula is C30H40O12. The third-order valence-corrected chi connectivity index (χ3v) is 9.02. The van der Waals surface area contributed by atoms with Crippen molar-refractivity contribution in [3.05, 3.63) is 23.8 Å². The van der Waals surface area contributed by atoms with Crippen LogP contribution in [0, 0.1) is 11.3 Å². The molecule has 0 amide bonds. The van der Waals surface area contributed by atoms with Gasteiger partial charge in [0.2, 0.25) is 0 Å². The first kappa shape index (κ1) is 31.7. The highest BCUT2D eigenvalue weighted by Crippen LogP contribution is 2.65. The molecule has 2 saturated heterocycles. The van der Waals surface area contributed by atoms with E-state index in [1.807, 2.05) is 6.92 Å².